The Hall–Kier alpha value is -1.53. The predicted octanol–water partition coefficient (Wildman–Crippen LogP) is 6.43. The number of hydrogen-bond donors (Lipinski definition) is 0. The fourth-order valence-corrected chi connectivity index (χ4v) is 4.11. The average molecular weight is 478 g/mol. The van der Waals surface area contributed by atoms with Crippen LogP contribution < -0.4 is 7.70 Å². The summed E-state index contributed by atoms with van der Waals surface area (Å²) in [6.45, 7) is 4.51. The summed E-state index contributed by atoms with van der Waals surface area (Å²) in [6, 6.07) is 16.7. The van der Waals surface area contributed by atoms with Crippen molar-refractivity contribution in [2.75, 3.05) is 0 Å². The van der Waals surface area contributed by atoms with Gasteiger partial charge in [0.15, 0.2) is 0 Å². The third-order valence-corrected chi connectivity index (χ3v) is 5.88. The van der Waals surface area contributed by atoms with Crippen molar-refractivity contribution in [1.82, 2.24) is 0 Å². The first kappa shape index (κ1) is 29.5. The molecule has 2 aromatic rings. The molecule has 0 unspecified atom stereocenters. The van der Waals surface area contributed by atoms with Crippen LogP contribution in [0.25, 0.3) is 0 Å². The summed E-state index contributed by atoms with van der Waals surface area (Å²) in [5, 5.41) is 0. The van der Waals surface area contributed by atoms with E-state index in [1.807, 2.05) is 12.1 Å². The van der Waals surface area contributed by atoms with Crippen LogP contribution in [0.1, 0.15) is 89.2 Å². The second kappa shape index (κ2) is 19.2. The molecule has 0 saturated heterocycles. The second-order valence-corrected chi connectivity index (χ2v) is 8.33. The summed E-state index contributed by atoms with van der Waals surface area (Å²) in [4.78, 5) is 0. The van der Waals surface area contributed by atoms with E-state index < -0.39 is 0 Å². The van der Waals surface area contributed by atoms with Crippen molar-refractivity contribution in [2.45, 2.75) is 90.9 Å². The van der Waals surface area contributed by atoms with Crippen LogP contribution in [0, 0.1) is 0 Å². The van der Waals surface area contributed by atoms with Gasteiger partial charge >= 0.3 is 185 Å². The van der Waals surface area contributed by atoms with Gasteiger partial charge in [0.2, 0.25) is 0 Å². The zero-order chi connectivity index (χ0) is 20.6. The molecule has 5 heteroatoms. The zero-order valence-electron chi connectivity index (χ0n) is 19.3. The Morgan fingerprint density at radius 3 is 1.35 bits per heavy atom. The molecule has 31 heavy (non-hydrogen) atoms. The van der Waals surface area contributed by atoms with Gasteiger partial charge in [0.1, 0.15) is 0 Å². The van der Waals surface area contributed by atoms with Crippen molar-refractivity contribution in [2.24, 2.45) is 0 Å². The quantitative estimate of drug-likeness (QED) is 0.261. The van der Waals surface area contributed by atoms with Crippen molar-refractivity contribution in [1.29, 1.82) is 0 Å². The Balaban J connectivity index is 0.00000450. The molecule has 0 radical (unpaired) electrons. The van der Waals surface area contributed by atoms with Crippen molar-refractivity contribution in [3.05, 3.63) is 59.7 Å². The minimum atomic E-state index is 0. The number of aryl methyl sites for hydroxylation is 2. The topological polar surface area (TPSA) is 81.5 Å². The van der Waals surface area contributed by atoms with Crippen LogP contribution in [0.5, 0.6) is 11.5 Å². The maximum Gasteiger partial charge on any atom is -0.412 e. The number of rotatable bonds is 16. The molecule has 0 heterocycles. The molecule has 4 nitrogen and oxygen atoms in total. The van der Waals surface area contributed by atoms with E-state index in [1.54, 1.807) is 0 Å². The van der Waals surface area contributed by atoms with Gasteiger partial charge in [0.25, 0.3) is 0 Å². The van der Waals surface area contributed by atoms with Crippen LogP contribution in [0.2, 0.25) is 0 Å². The normalized spacial score (nSPS) is 10.3. The van der Waals surface area contributed by atoms with Gasteiger partial charge < -0.3 is 11.0 Å². The van der Waals surface area contributed by atoms with E-state index in [1.165, 1.54) is 75.3 Å². The van der Waals surface area contributed by atoms with Crippen molar-refractivity contribution in [3.63, 3.8) is 0 Å². The largest absolute Gasteiger partial charge is 0.412 e. The Morgan fingerprint density at radius 1 is 0.548 bits per heavy atom. The zero-order valence-corrected chi connectivity index (χ0v) is 20.3. The Kier molecular flexibility index (Phi) is 18.2. The first-order chi connectivity index (χ1) is 14.3. The predicted molar refractivity (Wildman–Crippen MR) is 126 cm³/mol. The van der Waals surface area contributed by atoms with Crippen molar-refractivity contribution in [3.8, 4) is 11.5 Å². The first-order valence-corrected chi connectivity index (χ1v) is 12.3. The summed E-state index contributed by atoms with van der Waals surface area (Å²) in [5.74, 6) is 1.89. The molecule has 2 rings (SSSR count). The molecule has 179 valence electrons. The molecule has 0 amide bonds. The molecule has 0 fully saturated rings. The molecule has 0 saturated carbocycles. The van der Waals surface area contributed by atoms with E-state index >= 15 is 0 Å². The van der Waals surface area contributed by atoms with E-state index in [0.717, 1.165) is 24.3 Å². The van der Waals surface area contributed by atoms with E-state index in [4.69, 9.17) is 7.70 Å². The molecule has 0 aromatic heterocycles. The third-order valence-electron chi connectivity index (χ3n) is 5.25. The standard InChI is InChI=1S/2C13H20O.Co.2H2O/c2*1-2-3-4-5-6-9-12-10-7-8-11-13(12)14;;;/h2*7-8,10-11,14H,2-6,9H2,1H3;;2*1H2/q;;+2;;/p-2. The molecular formula is C26H42CoO4. The second-order valence-electron chi connectivity index (χ2n) is 7.74. The van der Waals surface area contributed by atoms with Crippen LogP contribution in [-0.4, -0.2) is 11.0 Å². The van der Waals surface area contributed by atoms with Gasteiger partial charge in [-0.15, -0.1) is 0 Å². The SMILES string of the molecule is CCCCCCCc1ccccc1[O][Co][O]c1ccccc1CCCCCCC.O.O. The smallest absolute Gasteiger partial charge is 0.412 e. The fraction of sp³-hybridized carbons (Fsp3) is 0.538. The summed E-state index contributed by atoms with van der Waals surface area (Å²) in [5.41, 5.74) is 2.56. The molecule has 0 aliphatic heterocycles. The summed E-state index contributed by atoms with van der Waals surface area (Å²) in [7, 11) is 0. The number of benzene rings is 2. The van der Waals surface area contributed by atoms with Crippen LogP contribution in [0.3, 0.4) is 0 Å². The molecule has 0 aliphatic carbocycles. The van der Waals surface area contributed by atoms with Gasteiger partial charge in [-0.25, -0.2) is 0 Å². The minimum Gasteiger partial charge on any atom is -0.412 e. The van der Waals surface area contributed by atoms with Crippen LogP contribution in [0.4, 0.5) is 0 Å². The maximum absolute atomic E-state index is 5.98. The molecule has 2 aromatic carbocycles. The first-order valence-electron chi connectivity index (χ1n) is 11.5. The summed E-state index contributed by atoms with van der Waals surface area (Å²) < 4.78 is 12.0. The Bertz CT molecular complexity index is 620. The monoisotopic (exact) mass is 477 g/mol. The molecule has 0 atom stereocenters. The number of hydrogen-bond acceptors (Lipinski definition) is 2. The van der Waals surface area contributed by atoms with E-state index in [9.17, 15) is 0 Å². The fourth-order valence-electron chi connectivity index (χ4n) is 3.47. The van der Waals surface area contributed by atoms with E-state index in [-0.39, 0.29) is 11.0 Å². The van der Waals surface area contributed by atoms with Crippen molar-refractivity contribution >= 4 is 0 Å². The van der Waals surface area contributed by atoms with Gasteiger partial charge in [-0.2, -0.15) is 0 Å². The van der Waals surface area contributed by atoms with Crippen LogP contribution in [0.15, 0.2) is 48.5 Å². The van der Waals surface area contributed by atoms with Gasteiger partial charge in [0.05, 0.1) is 0 Å². The maximum atomic E-state index is 5.98. The molecule has 0 aliphatic rings. The van der Waals surface area contributed by atoms with E-state index in [2.05, 4.69) is 50.2 Å². The van der Waals surface area contributed by atoms with Crippen molar-refractivity contribution < 1.29 is 34.0 Å². The van der Waals surface area contributed by atoms with Gasteiger partial charge in [0, 0.05) is 0 Å². The Morgan fingerprint density at radius 2 is 0.935 bits per heavy atom. The van der Waals surface area contributed by atoms with E-state index in [0.29, 0.717) is 15.3 Å². The molecule has 0 bridgehead atoms. The Labute approximate surface area is 196 Å². The van der Waals surface area contributed by atoms with Gasteiger partial charge in [-0.05, 0) is 0 Å². The summed E-state index contributed by atoms with van der Waals surface area (Å²) in [6.07, 6.45) is 15.1. The van der Waals surface area contributed by atoms with Gasteiger partial charge in [-0.3, -0.25) is 0 Å². The number of para-hydroxylation sites is 2. The summed E-state index contributed by atoms with van der Waals surface area (Å²) >= 11 is 0.571. The molecule has 0 spiro atoms. The van der Waals surface area contributed by atoms with Crippen LogP contribution >= 0.6 is 0 Å². The third kappa shape index (κ3) is 12.2. The molecular weight excluding hydrogens is 435 g/mol. The average Bonchev–Trinajstić information content (AvgIpc) is 2.75. The van der Waals surface area contributed by atoms with Crippen LogP contribution in [-0.2, 0) is 28.2 Å². The minimum absolute atomic E-state index is 0. The van der Waals surface area contributed by atoms with Gasteiger partial charge in [-0.1, -0.05) is 0 Å². The molecule has 4 N–H and O–H groups in total. The number of unbranched alkanes of at least 4 members (excludes halogenated alkanes) is 8.